The maximum Gasteiger partial charge on any atom is 0.339 e. The van der Waals surface area contributed by atoms with E-state index in [9.17, 15) is 4.79 Å². The molecule has 1 aliphatic rings. The van der Waals surface area contributed by atoms with Crippen LogP contribution >= 0.6 is 11.6 Å². The maximum absolute atomic E-state index is 12.8. The summed E-state index contributed by atoms with van der Waals surface area (Å²) >= 11 is 6.12. The van der Waals surface area contributed by atoms with E-state index < -0.39 is 17.7 Å². The van der Waals surface area contributed by atoms with Crippen LogP contribution in [0.25, 0.3) is 11.1 Å². The molecule has 5 heteroatoms. The quantitative estimate of drug-likeness (QED) is 0.710. The van der Waals surface area contributed by atoms with Crippen molar-refractivity contribution in [3.8, 4) is 11.1 Å². The number of benzene rings is 2. The largest absolute Gasteiger partial charge is 0.467 e. The maximum atomic E-state index is 12.8. The van der Waals surface area contributed by atoms with Gasteiger partial charge in [0.15, 0.2) is 6.10 Å². The molecule has 1 N–H and O–H groups in total. The molecule has 1 aliphatic heterocycles. The summed E-state index contributed by atoms with van der Waals surface area (Å²) in [5, 5.41) is 4.12. The number of fused-ring (bicyclic) bond motifs is 1. The van der Waals surface area contributed by atoms with Gasteiger partial charge in [0.2, 0.25) is 0 Å². The van der Waals surface area contributed by atoms with Crippen LogP contribution in [0.15, 0.2) is 24.3 Å². The van der Waals surface area contributed by atoms with Gasteiger partial charge in [-0.15, -0.1) is 0 Å². The van der Waals surface area contributed by atoms with Crippen LogP contribution in [0.1, 0.15) is 54.7 Å². The van der Waals surface area contributed by atoms with Gasteiger partial charge in [-0.25, -0.2) is 4.79 Å². The predicted octanol–water partition coefficient (Wildman–Crippen LogP) is 5.26. The average molecular weight is 402 g/mol. The number of nitrogens with one attached hydrogen (secondary N) is 1. The van der Waals surface area contributed by atoms with Crippen molar-refractivity contribution in [2.75, 3.05) is 7.11 Å². The zero-order valence-corrected chi connectivity index (χ0v) is 18.2. The fourth-order valence-electron chi connectivity index (χ4n) is 3.95. The highest BCUT2D eigenvalue weighted by Gasteiger charge is 2.34. The molecule has 0 fully saturated rings. The SMILES string of the molecule is COC(=O)[C@@H](OC(C)(C)C)c1c(C)c2c(c(C)c1-c1ccc(Cl)cc1)CNC2. The molecular weight excluding hydrogens is 374 g/mol. The van der Waals surface area contributed by atoms with E-state index in [2.05, 4.69) is 19.2 Å². The summed E-state index contributed by atoms with van der Waals surface area (Å²) < 4.78 is 11.4. The van der Waals surface area contributed by atoms with Gasteiger partial charge in [0, 0.05) is 23.7 Å². The zero-order valence-electron chi connectivity index (χ0n) is 17.4. The molecule has 3 rings (SSSR count). The minimum absolute atomic E-state index is 0.390. The molecule has 0 saturated heterocycles. The molecule has 28 heavy (non-hydrogen) atoms. The summed E-state index contributed by atoms with van der Waals surface area (Å²) in [5.74, 6) is -0.390. The van der Waals surface area contributed by atoms with E-state index in [0.717, 1.165) is 40.9 Å². The lowest BCUT2D eigenvalue weighted by atomic mass is 9.83. The Kier molecular flexibility index (Phi) is 5.85. The van der Waals surface area contributed by atoms with Crippen LogP contribution in [0.4, 0.5) is 0 Å². The minimum atomic E-state index is -0.805. The summed E-state index contributed by atoms with van der Waals surface area (Å²) in [6.45, 7) is 11.6. The van der Waals surface area contributed by atoms with Crippen molar-refractivity contribution in [3.05, 3.63) is 57.1 Å². The molecule has 0 amide bonds. The molecular formula is C23H28ClNO3. The van der Waals surface area contributed by atoms with Gasteiger partial charge in [-0.3, -0.25) is 0 Å². The first kappa shape index (κ1) is 20.8. The van der Waals surface area contributed by atoms with Crippen molar-refractivity contribution in [3.63, 3.8) is 0 Å². The first-order valence-electron chi connectivity index (χ1n) is 9.51. The third-order valence-electron chi connectivity index (χ3n) is 5.20. The van der Waals surface area contributed by atoms with Crippen LogP contribution in [0.3, 0.4) is 0 Å². The van der Waals surface area contributed by atoms with E-state index in [0.29, 0.717) is 5.02 Å². The summed E-state index contributed by atoms with van der Waals surface area (Å²) in [4.78, 5) is 12.8. The average Bonchev–Trinajstić information content (AvgIpc) is 3.13. The lowest BCUT2D eigenvalue weighted by molar-refractivity contribution is -0.164. The standard InChI is InChI=1S/C23H28ClNO3/c1-13-17-11-25-12-18(17)14(2)20(19(13)15-7-9-16(24)10-8-15)21(22(26)27-6)28-23(3,4)5/h7-10,21,25H,11-12H2,1-6H3/t21-/m0/s1. The number of carbonyl (C=O) groups is 1. The lowest BCUT2D eigenvalue weighted by Gasteiger charge is -2.30. The number of esters is 1. The van der Waals surface area contributed by atoms with Crippen molar-refractivity contribution in [1.82, 2.24) is 5.32 Å². The molecule has 0 bridgehead atoms. The van der Waals surface area contributed by atoms with Gasteiger partial charge in [0.05, 0.1) is 12.7 Å². The van der Waals surface area contributed by atoms with Crippen molar-refractivity contribution in [2.24, 2.45) is 0 Å². The number of rotatable bonds is 4. The normalized spacial score (nSPS) is 14.7. The van der Waals surface area contributed by atoms with Gasteiger partial charge >= 0.3 is 5.97 Å². The Bertz CT molecular complexity index is 898. The summed E-state index contributed by atoms with van der Waals surface area (Å²) in [6.07, 6.45) is -0.805. The summed E-state index contributed by atoms with van der Waals surface area (Å²) in [5.41, 5.74) is 7.20. The Hall–Kier alpha value is -1.88. The predicted molar refractivity (Wildman–Crippen MR) is 113 cm³/mol. The van der Waals surface area contributed by atoms with Gasteiger partial charge in [-0.2, -0.15) is 0 Å². The zero-order chi connectivity index (χ0) is 20.6. The summed E-state index contributed by atoms with van der Waals surface area (Å²) in [7, 11) is 1.40. The highest BCUT2D eigenvalue weighted by Crippen LogP contribution is 2.42. The van der Waals surface area contributed by atoms with Crippen LogP contribution in [-0.4, -0.2) is 18.7 Å². The van der Waals surface area contributed by atoms with E-state index in [-0.39, 0.29) is 0 Å². The van der Waals surface area contributed by atoms with E-state index in [1.165, 1.54) is 18.2 Å². The second kappa shape index (κ2) is 7.86. The van der Waals surface area contributed by atoms with Gasteiger partial charge < -0.3 is 14.8 Å². The molecule has 0 spiro atoms. The second-order valence-corrected chi connectivity index (χ2v) is 8.68. The smallest absolute Gasteiger partial charge is 0.339 e. The third-order valence-corrected chi connectivity index (χ3v) is 5.46. The molecule has 0 aromatic heterocycles. The van der Waals surface area contributed by atoms with Gasteiger partial charge in [-0.05, 0) is 80.1 Å². The monoisotopic (exact) mass is 401 g/mol. The Labute approximate surface area is 172 Å². The van der Waals surface area contributed by atoms with E-state index >= 15 is 0 Å². The van der Waals surface area contributed by atoms with Crippen LogP contribution in [0.5, 0.6) is 0 Å². The molecule has 1 atom stereocenters. The second-order valence-electron chi connectivity index (χ2n) is 8.24. The van der Waals surface area contributed by atoms with E-state index in [1.807, 2.05) is 45.0 Å². The number of carbonyl (C=O) groups excluding carboxylic acids is 1. The molecule has 1 heterocycles. The van der Waals surface area contributed by atoms with Gasteiger partial charge in [0.1, 0.15) is 0 Å². The minimum Gasteiger partial charge on any atom is -0.467 e. The molecule has 0 saturated carbocycles. The first-order valence-corrected chi connectivity index (χ1v) is 9.89. The molecule has 0 aliphatic carbocycles. The van der Waals surface area contributed by atoms with Crippen LogP contribution < -0.4 is 5.32 Å². The Morgan fingerprint density at radius 1 is 1.07 bits per heavy atom. The van der Waals surface area contributed by atoms with Crippen molar-refractivity contribution >= 4 is 17.6 Å². The Morgan fingerprint density at radius 3 is 2.18 bits per heavy atom. The summed E-state index contributed by atoms with van der Waals surface area (Å²) in [6, 6.07) is 7.74. The topological polar surface area (TPSA) is 47.6 Å². The first-order chi connectivity index (χ1) is 13.1. The van der Waals surface area contributed by atoms with Crippen LogP contribution in [-0.2, 0) is 27.4 Å². The fraction of sp³-hybridized carbons (Fsp3) is 0.435. The number of methoxy groups -OCH3 is 1. The highest BCUT2D eigenvalue weighted by atomic mass is 35.5. The van der Waals surface area contributed by atoms with Crippen molar-refractivity contribution in [2.45, 2.75) is 59.4 Å². The Morgan fingerprint density at radius 2 is 1.64 bits per heavy atom. The lowest BCUT2D eigenvalue weighted by Crippen LogP contribution is -2.29. The highest BCUT2D eigenvalue weighted by molar-refractivity contribution is 6.30. The molecule has 0 unspecified atom stereocenters. The van der Waals surface area contributed by atoms with Crippen LogP contribution in [0.2, 0.25) is 5.02 Å². The van der Waals surface area contributed by atoms with E-state index in [4.69, 9.17) is 21.1 Å². The molecule has 2 aromatic carbocycles. The van der Waals surface area contributed by atoms with Crippen LogP contribution in [0, 0.1) is 13.8 Å². The number of hydrogen-bond acceptors (Lipinski definition) is 4. The molecule has 2 aromatic rings. The Balaban J connectivity index is 2.33. The molecule has 0 radical (unpaired) electrons. The van der Waals surface area contributed by atoms with E-state index in [1.54, 1.807) is 0 Å². The fourth-order valence-corrected chi connectivity index (χ4v) is 4.07. The van der Waals surface area contributed by atoms with Gasteiger partial charge in [-0.1, -0.05) is 23.7 Å². The molecule has 4 nitrogen and oxygen atoms in total. The van der Waals surface area contributed by atoms with Gasteiger partial charge in [0.25, 0.3) is 0 Å². The number of hydrogen-bond donors (Lipinski definition) is 1. The van der Waals surface area contributed by atoms with Crippen molar-refractivity contribution in [1.29, 1.82) is 0 Å². The number of halogens is 1. The third kappa shape index (κ3) is 3.95. The van der Waals surface area contributed by atoms with Crippen molar-refractivity contribution < 1.29 is 14.3 Å². The number of ether oxygens (including phenoxy) is 2. The molecule has 150 valence electrons.